The molecule has 0 heterocycles. The van der Waals surface area contributed by atoms with Crippen molar-refractivity contribution in [1.82, 2.24) is 0 Å². The minimum atomic E-state index is -0.159. The minimum absolute atomic E-state index is 0.0551. The highest BCUT2D eigenvalue weighted by molar-refractivity contribution is 5.20. The van der Waals surface area contributed by atoms with Gasteiger partial charge < -0.3 is 4.74 Å². The Balaban J connectivity index is 2.54. The van der Waals surface area contributed by atoms with Gasteiger partial charge in [-0.25, -0.2) is 4.39 Å². The maximum atomic E-state index is 12.6. The van der Waals surface area contributed by atoms with Crippen LogP contribution in [0.15, 0.2) is 24.1 Å². The van der Waals surface area contributed by atoms with Gasteiger partial charge in [-0.05, 0) is 19.1 Å². The van der Waals surface area contributed by atoms with Crippen LogP contribution in [0.5, 0.6) is 0 Å². The van der Waals surface area contributed by atoms with Crippen molar-refractivity contribution in [2.24, 2.45) is 5.92 Å². The molecule has 0 N–H and O–H groups in total. The molecular weight excluding hydrogens is 143 g/mol. The van der Waals surface area contributed by atoms with Gasteiger partial charge in [-0.1, -0.05) is 13.0 Å². The number of rotatable bonds is 2. The Morgan fingerprint density at radius 2 is 2.36 bits per heavy atom. The van der Waals surface area contributed by atoms with Gasteiger partial charge in [0.25, 0.3) is 0 Å². The molecule has 1 nitrogen and oxygen atoms in total. The van der Waals surface area contributed by atoms with E-state index in [4.69, 9.17) is 4.74 Å². The van der Waals surface area contributed by atoms with E-state index in [2.05, 4.69) is 0 Å². The third-order valence-corrected chi connectivity index (χ3v) is 1.74. The zero-order valence-corrected chi connectivity index (χ0v) is 6.88. The van der Waals surface area contributed by atoms with Crippen molar-refractivity contribution < 1.29 is 9.13 Å². The SMILES string of the molecule is CCOC1C=CC(F)=CC1C. The van der Waals surface area contributed by atoms with Gasteiger partial charge in [0, 0.05) is 12.5 Å². The van der Waals surface area contributed by atoms with E-state index >= 15 is 0 Å². The van der Waals surface area contributed by atoms with E-state index in [1.54, 1.807) is 12.2 Å². The lowest BCUT2D eigenvalue weighted by molar-refractivity contribution is 0.0706. The molecule has 1 aliphatic carbocycles. The summed E-state index contributed by atoms with van der Waals surface area (Å²) in [6.45, 7) is 4.56. The van der Waals surface area contributed by atoms with Crippen LogP contribution in [0.25, 0.3) is 0 Å². The van der Waals surface area contributed by atoms with E-state index in [-0.39, 0.29) is 17.8 Å². The van der Waals surface area contributed by atoms with Gasteiger partial charge in [-0.2, -0.15) is 0 Å². The fraction of sp³-hybridized carbons (Fsp3) is 0.556. The lowest BCUT2D eigenvalue weighted by Crippen LogP contribution is -2.20. The van der Waals surface area contributed by atoms with Crippen LogP contribution in [0, 0.1) is 5.92 Å². The molecule has 2 atom stereocenters. The average molecular weight is 156 g/mol. The first kappa shape index (κ1) is 8.47. The Kier molecular flexibility index (Phi) is 2.83. The monoisotopic (exact) mass is 156 g/mol. The summed E-state index contributed by atoms with van der Waals surface area (Å²) in [6.07, 6.45) is 4.86. The largest absolute Gasteiger partial charge is 0.374 e. The topological polar surface area (TPSA) is 9.23 Å². The summed E-state index contributed by atoms with van der Waals surface area (Å²) in [7, 11) is 0. The molecule has 1 rings (SSSR count). The first-order valence-electron chi connectivity index (χ1n) is 3.91. The summed E-state index contributed by atoms with van der Waals surface area (Å²) >= 11 is 0. The Labute approximate surface area is 66.6 Å². The number of allylic oxidation sites excluding steroid dienone is 2. The second kappa shape index (κ2) is 3.67. The van der Waals surface area contributed by atoms with Gasteiger partial charge in [0.1, 0.15) is 5.83 Å². The maximum absolute atomic E-state index is 12.6. The van der Waals surface area contributed by atoms with Crippen LogP contribution in [0.2, 0.25) is 0 Å². The fourth-order valence-electron chi connectivity index (χ4n) is 1.16. The Morgan fingerprint density at radius 1 is 1.64 bits per heavy atom. The lowest BCUT2D eigenvalue weighted by atomic mass is 9.99. The number of hydrogen-bond acceptors (Lipinski definition) is 1. The normalized spacial score (nSPS) is 30.3. The molecule has 0 radical (unpaired) electrons. The predicted octanol–water partition coefficient (Wildman–Crippen LogP) is 2.45. The van der Waals surface area contributed by atoms with Crippen molar-refractivity contribution in [3.05, 3.63) is 24.1 Å². The molecule has 0 saturated carbocycles. The second-order valence-electron chi connectivity index (χ2n) is 2.69. The van der Waals surface area contributed by atoms with Crippen molar-refractivity contribution in [3.8, 4) is 0 Å². The van der Waals surface area contributed by atoms with E-state index in [1.165, 1.54) is 6.08 Å². The first-order valence-corrected chi connectivity index (χ1v) is 3.91. The van der Waals surface area contributed by atoms with Crippen molar-refractivity contribution in [2.75, 3.05) is 6.61 Å². The highest BCUT2D eigenvalue weighted by Crippen LogP contribution is 2.19. The average Bonchev–Trinajstić information content (AvgIpc) is 1.95. The molecule has 2 heteroatoms. The fourth-order valence-corrected chi connectivity index (χ4v) is 1.16. The van der Waals surface area contributed by atoms with Gasteiger partial charge in [-0.3, -0.25) is 0 Å². The summed E-state index contributed by atoms with van der Waals surface area (Å²) in [5, 5.41) is 0. The molecule has 0 spiro atoms. The molecule has 0 aliphatic heterocycles. The molecule has 0 aromatic heterocycles. The molecule has 11 heavy (non-hydrogen) atoms. The molecule has 62 valence electrons. The molecule has 0 aromatic carbocycles. The summed E-state index contributed by atoms with van der Waals surface area (Å²) < 4.78 is 17.9. The first-order chi connectivity index (χ1) is 5.24. The Bertz CT molecular complexity index is 184. The Morgan fingerprint density at radius 3 is 2.91 bits per heavy atom. The summed E-state index contributed by atoms with van der Waals surface area (Å²) in [5.74, 6) is -0.00611. The van der Waals surface area contributed by atoms with Crippen LogP contribution in [-0.2, 0) is 4.74 Å². The van der Waals surface area contributed by atoms with E-state index in [0.29, 0.717) is 6.61 Å². The van der Waals surface area contributed by atoms with Gasteiger partial charge in [0.2, 0.25) is 0 Å². The highest BCUT2D eigenvalue weighted by atomic mass is 19.1. The quantitative estimate of drug-likeness (QED) is 0.596. The third-order valence-electron chi connectivity index (χ3n) is 1.74. The van der Waals surface area contributed by atoms with Crippen LogP contribution in [0.4, 0.5) is 4.39 Å². The molecule has 1 aliphatic rings. The number of halogens is 1. The molecule has 0 fully saturated rings. The van der Waals surface area contributed by atoms with Crippen LogP contribution in [0.3, 0.4) is 0 Å². The highest BCUT2D eigenvalue weighted by Gasteiger charge is 2.16. The summed E-state index contributed by atoms with van der Waals surface area (Å²) in [6, 6.07) is 0. The van der Waals surface area contributed by atoms with Crippen molar-refractivity contribution in [1.29, 1.82) is 0 Å². The van der Waals surface area contributed by atoms with Gasteiger partial charge in [0.15, 0.2) is 0 Å². The van der Waals surface area contributed by atoms with Crippen molar-refractivity contribution >= 4 is 0 Å². The van der Waals surface area contributed by atoms with Gasteiger partial charge in [0.05, 0.1) is 6.10 Å². The van der Waals surface area contributed by atoms with Gasteiger partial charge in [-0.15, -0.1) is 0 Å². The van der Waals surface area contributed by atoms with Crippen LogP contribution < -0.4 is 0 Å². The second-order valence-corrected chi connectivity index (χ2v) is 2.69. The van der Waals surface area contributed by atoms with E-state index < -0.39 is 0 Å². The summed E-state index contributed by atoms with van der Waals surface area (Å²) in [5.41, 5.74) is 0. The molecular formula is C9H13FO. The van der Waals surface area contributed by atoms with Crippen LogP contribution in [-0.4, -0.2) is 12.7 Å². The smallest absolute Gasteiger partial charge is 0.119 e. The summed E-state index contributed by atoms with van der Waals surface area (Å²) in [4.78, 5) is 0. The minimum Gasteiger partial charge on any atom is -0.374 e. The number of ether oxygens (including phenoxy) is 1. The number of hydrogen-bond donors (Lipinski definition) is 0. The molecule has 0 amide bonds. The predicted molar refractivity (Wildman–Crippen MR) is 42.9 cm³/mol. The maximum Gasteiger partial charge on any atom is 0.119 e. The van der Waals surface area contributed by atoms with E-state index in [9.17, 15) is 4.39 Å². The van der Waals surface area contributed by atoms with Crippen LogP contribution >= 0.6 is 0 Å². The molecule has 0 saturated heterocycles. The lowest BCUT2D eigenvalue weighted by Gasteiger charge is -2.20. The Hall–Kier alpha value is -0.630. The zero-order valence-electron chi connectivity index (χ0n) is 6.88. The van der Waals surface area contributed by atoms with E-state index in [0.717, 1.165) is 0 Å². The molecule has 0 bridgehead atoms. The van der Waals surface area contributed by atoms with Crippen molar-refractivity contribution in [2.45, 2.75) is 20.0 Å². The molecule has 2 unspecified atom stereocenters. The zero-order chi connectivity index (χ0) is 8.27. The van der Waals surface area contributed by atoms with Gasteiger partial charge >= 0.3 is 0 Å². The van der Waals surface area contributed by atoms with E-state index in [1.807, 2.05) is 13.8 Å². The van der Waals surface area contributed by atoms with Crippen LogP contribution in [0.1, 0.15) is 13.8 Å². The third kappa shape index (κ3) is 2.15. The van der Waals surface area contributed by atoms with Crippen molar-refractivity contribution in [3.63, 3.8) is 0 Å². The molecule has 0 aromatic rings. The standard InChI is InChI=1S/C9H13FO/c1-3-11-9-5-4-8(10)6-7(9)2/h4-7,9H,3H2,1-2H3.